The van der Waals surface area contributed by atoms with Crippen LogP contribution in [0.3, 0.4) is 0 Å². The Morgan fingerprint density at radius 1 is 1.29 bits per heavy atom. The first-order chi connectivity index (χ1) is 10.1. The average molecular weight is 292 g/mol. The highest BCUT2D eigenvalue weighted by molar-refractivity contribution is 5.69. The third kappa shape index (κ3) is 3.61. The highest BCUT2D eigenvalue weighted by Crippen LogP contribution is 2.28. The molecule has 0 atom stereocenters. The normalized spacial score (nSPS) is 10.4. The van der Waals surface area contributed by atoms with Gasteiger partial charge in [0.15, 0.2) is 5.82 Å². The van der Waals surface area contributed by atoms with Gasteiger partial charge in [-0.1, -0.05) is 0 Å². The number of nitrogens with zero attached hydrogens (tertiary/aromatic N) is 6. The summed E-state index contributed by atoms with van der Waals surface area (Å²) in [5.41, 5.74) is -0.159. The van der Waals surface area contributed by atoms with Gasteiger partial charge in [-0.15, -0.1) is 0 Å². The van der Waals surface area contributed by atoms with Crippen LogP contribution in [0.25, 0.3) is 0 Å². The monoisotopic (exact) mass is 292 g/mol. The van der Waals surface area contributed by atoms with E-state index in [4.69, 9.17) is 0 Å². The summed E-state index contributed by atoms with van der Waals surface area (Å²) in [6, 6.07) is 0. The Hall–Kier alpha value is -2.78. The number of hydrogen-bond acceptors (Lipinski definition) is 8. The van der Waals surface area contributed by atoms with Crippen molar-refractivity contribution in [3.05, 3.63) is 28.6 Å². The molecule has 0 unspecified atom stereocenters. The van der Waals surface area contributed by atoms with Crippen LogP contribution in [0.1, 0.15) is 12.7 Å². The van der Waals surface area contributed by atoms with E-state index in [1.54, 1.807) is 18.1 Å². The summed E-state index contributed by atoms with van der Waals surface area (Å²) < 4.78 is 1.60. The molecule has 0 bridgehead atoms. The van der Waals surface area contributed by atoms with E-state index in [1.807, 2.05) is 6.92 Å². The van der Waals surface area contributed by atoms with Gasteiger partial charge in [-0.2, -0.15) is 5.10 Å². The summed E-state index contributed by atoms with van der Waals surface area (Å²) in [5, 5.41) is 21.1. The van der Waals surface area contributed by atoms with Crippen LogP contribution in [-0.2, 0) is 13.5 Å². The lowest BCUT2D eigenvalue weighted by molar-refractivity contribution is -0.383. The Morgan fingerprint density at radius 2 is 2.00 bits per heavy atom. The Balaban J connectivity index is 2.08. The Bertz CT molecular complexity index is 626. The number of rotatable bonds is 7. The summed E-state index contributed by atoms with van der Waals surface area (Å²) in [7, 11) is 1.78. The van der Waals surface area contributed by atoms with Gasteiger partial charge in [-0.3, -0.25) is 14.8 Å². The largest absolute Gasteiger partial charge is 0.364 e. The molecule has 2 aromatic rings. The lowest BCUT2D eigenvalue weighted by atomic mass is 10.3. The average Bonchev–Trinajstić information content (AvgIpc) is 2.85. The Kier molecular flexibility index (Phi) is 4.59. The Labute approximate surface area is 120 Å². The highest BCUT2D eigenvalue weighted by atomic mass is 16.6. The topological polar surface area (TPSA) is 124 Å². The summed E-state index contributed by atoms with van der Waals surface area (Å²) in [5.74, 6) is 1.05. The first-order valence-corrected chi connectivity index (χ1v) is 6.43. The molecule has 0 aromatic carbocycles. The second-order valence-electron chi connectivity index (χ2n) is 4.22. The fraction of sp³-hybridized carbons (Fsp3) is 0.455. The molecule has 0 aliphatic heterocycles. The second kappa shape index (κ2) is 6.59. The molecule has 21 heavy (non-hydrogen) atoms. The van der Waals surface area contributed by atoms with E-state index in [0.717, 1.165) is 0 Å². The predicted molar refractivity (Wildman–Crippen MR) is 76.0 cm³/mol. The van der Waals surface area contributed by atoms with Crippen molar-refractivity contribution in [2.45, 2.75) is 13.3 Å². The van der Waals surface area contributed by atoms with Crippen molar-refractivity contribution < 1.29 is 4.92 Å². The molecule has 0 amide bonds. The Morgan fingerprint density at radius 3 is 2.57 bits per heavy atom. The molecule has 0 fully saturated rings. The number of nitro groups is 1. The number of aromatic nitrogens is 5. The van der Waals surface area contributed by atoms with E-state index >= 15 is 0 Å². The van der Waals surface area contributed by atoms with Gasteiger partial charge in [0.1, 0.15) is 12.7 Å². The smallest absolute Gasteiger partial charge is 0.353 e. The minimum absolute atomic E-state index is 0.159. The zero-order chi connectivity index (χ0) is 15.2. The van der Waals surface area contributed by atoms with E-state index in [9.17, 15) is 10.1 Å². The highest BCUT2D eigenvalue weighted by Gasteiger charge is 2.22. The van der Waals surface area contributed by atoms with Crippen molar-refractivity contribution in [2.75, 3.05) is 23.7 Å². The van der Waals surface area contributed by atoms with E-state index in [0.29, 0.717) is 25.3 Å². The molecule has 112 valence electrons. The van der Waals surface area contributed by atoms with Gasteiger partial charge in [-0.25, -0.2) is 15.0 Å². The lowest BCUT2D eigenvalue weighted by Crippen LogP contribution is -2.12. The summed E-state index contributed by atoms with van der Waals surface area (Å²) in [4.78, 5) is 22.6. The van der Waals surface area contributed by atoms with Crippen molar-refractivity contribution in [3.63, 3.8) is 0 Å². The van der Waals surface area contributed by atoms with E-state index in [1.165, 1.54) is 6.33 Å². The van der Waals surface area contributed by atoms with Gasteiger partial charge >= 0.3 is 5.69 Å². The van der Waals surface area contributed by atoms with Crippen molar-refractivity contribution in [3.8, 4) is 0 Å². The third-order valence-electron chi connectivity index (χ3n) is 2.64. The molecule has 0 saturated heterocycles. The fourth-order valence-corrected chi connectivity index (χ4v) is 1.77. The molecule has 0 aliphatic rings. The molecule has 0 spiro atoms. The lowest BCUT2D eigenvalue weighted by Gasteiger charge is -2.08. The number of aryl methyl sites for hydroxylation is 1. The number of anilines is 2. The first kappa shape index (κ1) is 14.6. The van der Waals surface area contributed by atoms with Gasteiger partial charge < -0.3 is 10.6 Å². The van der Waals surface area contributed by atoms with Crippen molar-refractivity contribution >= 4 is 17.3 Å². The second-order valence-corrected chi connectivity index (χ2v) is 4.22. The van der Waals surface area contributed by atoms with Crippen LogP contribution in [0.15, 0.2) is 12.7 Å². The zero-order valence-corrected chi connectivity index (χ0v) is 11.8. The zero-order valence-electron chi connectivity index (χ0n) is 11.8. The molecule has 2 N–H and O–H groups in total. The van der Waals surface area contributed by atoms with Crippen LogP contribution in [-0.4, -0.2) is 42.7 Å². The van der Waals surface area contributed by atoms with Gasteiger partial charge in [0.2, 0.25) is 11.6 Å². The van der Waals surface area contributed by atoms with Crippen LogP contribution >= 0.6 is 0 Å². The summed E-state index contributed by atoms with van der Waals surface area (Å²) in [6.07, 6.45) is 3.43. The molecular formula is C11H16N8O2. The van der Waals surface area contributed by atoms with Crippen LogP contribution < -0.4 is 10.6 Å². The number of nitrogens with one attached hydrogen (secondary N) is 2. The van der Waals surface area contributed by atoms with Crippen molar-refractivity contribution in [1.82, 2.24) is 24.7 Å². The predicted octanol–water partition coefficient (Wildman–Crippen LogP) is 0.600. The molecule has 0 saturated carbocycles. The maximum atomic E-state index is 11.2. The van der Waals surface area contributed by atoms with Crippen molar-refractivity contribution in [2.24, 2.45) is 7.05 Å². The maximum absolute atomic E-state index is 11.2. The molecule has 10 heteroatoms. The number of hydrogen-bond donors (Lipinski definition) is 2. The molecule has 2 rings (SSSR count). The molecule has 2 aromatic heterocycles. The summed E-state index contributed by atoms with van der Waals surface area (Å²) >= 11 is 0. The third-order valence-corrected chi connectivity index (χ3v) is 2.64. The molecule has 0 aliphatic carbocycles. The van der Waals surface area contributed by atoms with Crippen LogP contribution in [0.2, 0.25) is 0 Å². The molecular weight excluding hydrogens is 276 g/mol. The van der Waals surface area contributed by atoms with Crippen molar-refractivity contribution in [1.29, 1.82) is 0 Å². The minimum atomic E-state index is -0.501. The van der Waals surface area contributed by atoms with Crippen LogP contribution in [0.4, 0.5) is 17.3 Å². The van der Waals surface area contributed by atoms with E-state index in [-0.39, 0.29) is 17.3 Å². The molecule has 10 nitrogen and oxygen atoms in total. The van der Waals surface area contributed by atoms with Gasteiger partial charge in [0.25, 0.3) is 0 Å². The maximum Gasteiger partial charge on any atom is 0.353 e. The minimum Gasteiger partial charge on any atom is -0.364 e. The van der Waals surface area contributed by atoms with E-state index in [2.05, 4.69) is 30.7 Å². The van der Waals surface area contributed by atoms with Crippen LogP contribution in [0, 0.1) is 10.1 Å². The van der Waals surface area contributed by atoms with Gasteiger partial charge in [0, 0.05) is 26.6 Å². The fourth-order valence-electron chi connectivity index (χ4n) is 1.77. The van der Waals surface area contributed by atoms with Crippen LogP contribution in [0.5, 0.6) is 0 Å². The quantitative estimate of drug-likeness (QED) is 0.561. The van der Waals surface area contributed by atoms with Gasteiger partial charge in [0.05, 0.1) is 4.92 Å². The SMILES string of the molecule is CCNc1ncnc(NCCc2ncn(C)n2)c1[N+](=O)[O-]. The molecule has 2 heterocycles. The standard InChI is InChI=1S/C11H16N8O2/c1-3-12-10-9(19(20)21)11(15-6-14-10)13-5-4-8-16-7-18(2)17-8/h6-7H,3-5H2,1-2H3,(H2,12,13,14,15). The first-order valence-electron chi connectivity index (χ1n) is 6.43. The summed E-state index contributed by atoms with van der Waals surface area (Å²) in [6.45, 7) is 2.81. The van der Waals surface area contributed by atoms with Gasteiger partial charge in [-0.05, 0) is 6.92 Å². The van der Waals surface area contributed by atoms with E-state index < -0.39 is 4.92 Å². The molecule has 0 radical (unpaired) electrons.